The zero-order valence-electron chi connectivity index (χ0n) is 15.0. The van der Waals surface area contributed by atoms with Crippen LogP contribution in [-0.4, -0.2) is 23.9 Å². The molecular formula is C22H32BOP. The van der Waals surface area contributed by atoms with Crippen molar-refractivity contribution in [2.45, 2.75) is 51.3 Å². The van der Waals surface area contributed by atoms with Crippen molar-refractivity contribution in [2.75, 3.05) is 0 Å². The van der Waals surface area contributed by atoms with Gasteiger partial charge in [-0.1, -0.05) is 57.4 Å². The van der Waals surface area contributed by atoms with Crippen LogP contribution >= 0.6 is 7.14 Å². The maximum atomic E-state index is 11.5. The minimum Gasteiger partial charge on any atom is -0.386 e. The van der Waals surface area contributed by atoms with Gasteiger partial charge in [0, 0.05) is 0 Å². The summed E-state index contributed by atoms with van der Waals surface area (Å²) in [7, 11) is -1.43. The van der Waals surface area contributed by atoms with Crippen LogP contribution in [0.1, 0.15) is 40.0 Å². The first kappa shape index (κ1) is 18.7. The monoisotopic (exact) mass is 354 g/mol. The zero-order chi connectivity index (χ0) is 18.1. The smallest absolute Gasteiger partial charge is 0.138 e. The highest BCUT2D eigenvalue weighted by atomic mass is 31.2. The number of hydrogen-bond donors (Lipinski definition) is 1. The summed E-state index contributed by atoms with van der Waals surface area (Å²) in [4.78, 5) is 0. The summed E-state index contributed by atoms with van der Waals surface area (Å²) in [5.74, 6) is 1.45. The summed E-state index contributed by atoms with van der Waals surface area (Å²) in [6, 6.07) is 22.3. The number of hydrogen-bond acceptors (Lipinski definition) is 1. The van der Waals surface area contributed by atoms with Gasteiger partial charge in [-0.3, -0.25) is 0 Å². The van der Waals surface area contributed by atoms with Crippen LogP contribution in [-0.2, 0) is 0 Å². The molecular weight excluding hydrogens is 322 g/mol. The lowest BCUT2D eigenvalue weighted by molar-refractivity contribution is 0.00681. The van der Waals surface area contributed by atoms with Crippen LogP contribution in [0, 0.1) is 11.8 Å². The number of aliphatic hydroxyl groups is 1. The van der Waals surface area contributed by atoms with Gasteiger partial charge in [-0.15, -0.1) is 0 Å². The molecule has 1 aliphatic rings. The molecule has 1 fully saturated rings. The second-order valence-corrected chi connectivity index (χ2v) is 10.1. The molecule has 0 bridgehead atoms. The molecule has 1 nitrogen and oxygen atoms in total. The lowest BCUT2D eigenvalue weighted by Gasteiger charge is -2.50. The Balaban J connectivity index is 2.13. The van der Waals surface area contributed by atoms with Crippen molar-refractivity contribution in [1.82, 2.24) is 0 Å². The summed E-state index contributed by atoms with van der Waals surface area (Å²) in [6.45, 7) is 6.83. The fourth-order valence-electron chi connectivity index (χ4n) is 3.98. The normalized spacial score (nSPS) is 27.4. The minimum atomic E-state index is -1.45. The summed E-state index contributed by atoms with van der Waals surface area (Å²) in [5.41, 5.74) is -0.113. The predicted molar refractivity (Wildman–Crippen MR) is 116 cm³/mol. The maximum Gasteiger partial charge on any atom is 0.138 e. The summed E-state index contributed by atoms with van der Waals surface area (Å²) in [6.07, 6.45) is 3.31. The molecule has 1 N–H and O–H groups in total. The average Bonchev–Trinajstić information content (AvgIpc) is 2.62. The van der Waals surface area contributed by atoms with Crippen LogP contribution in [0.25, 0.3) is 0 Å². The molecule has 2 aromatic rings. The molecule has 3 rings (SSSR count). The largest absolute Gasteiger partial charge is 0.386 e. The average molecular weight is 354 g/mol. The van der Waals surface area contributed by atoms with E-state index in [1.54, 1.807) is 0 Å². The third-order valence-corrected chi connectivity index (χ3v) is 8.69. The third kappa shape index (κ3) is 3.57. The van der Waals surface area contributed by atoms with E-state index in [4.69, 9.17) is 0 Å². The molecule has 0 saturated heterocycles. The van der Waals surface area contributed by atoms with Crippen LogP contribution < -0.4 is 10.6 Å². The minimum absolute atomic E-state index is 0.0137. The Morgan fingerprint density at radius 2 is 1.48 bits per heavy atom. The standard InChI is InChI=1S/C22H32BOP/c1-17(2)18-14-15-22(3,24)21(16-18)25(23,19-10-6-4-7-11-19)20-12-8-5-9-13-20/h4-13,17-18,21,24H,14-16H2,1-3,23H3/t18-,21+,22+/m0/s1. The van der Waals surface area contributed by atoms with Crippen molar-refractivity contribution in [3.63, 3.8) is 0 Å². The Morgan fingerprint density at radius 1 is 1.00 bits per heavy atom. The lowest BCUT2D eigenvalue weighted by Crippen LogP contribution is -2.50. The SMILES string of the molecule is [BH3-][P+](c1ccccc1)(c1ccccc1)[C@@H]1C[C@@H](C(C)C)CC[C@@]1(C)O. The number of rotatable bonds is 4. The van der Waals surface area contributed by atoms with E-state index in [0.29, 0.717) is 11.6 Å². The summed E-state index contributed by atoms with van der Waals surface area (Å²) in [5, 5.41) is 14.5. The Kier molecular flexibility index (Phi) is 5.42. The maximum absolute atomic E-state index is 11.5. The van der Waals surface area contributed by atoms with Crippen LogP contribution in [0.15, 0.2) is 60.7 Å². The van der Waals surface area contributed by atoms with Crippen molar-refractivity contribution in [3.8, 4) is 0 Å². The molecule has 1 aliphatic carbocycles. The third-order valence-electron chi connectivity index (χ3n) is 5.59. The molecule has 0 radical (unpaired) electrons. The van der Waals surface area contributed by atoms with Gasteiger partial charge >= 0.3 is 0 Å². The van der Waals surface area contributed by atoms with Gasteiger partial charge in [0.15, 0.2) is 0 Å². The van der Waals surface area contributed by atoms with Crippen molar-refractivity contribution < 1.29 is 5.11 Å². The molecule has 0 aliphatic heterocycles. The van der Waals surface area contributed by atoms with E-state index >= 15 is 0 Å². The molecule has 134 valence electrons. The number of benzene rings is 2. The molecule has 2 aromatic carbocycles. The van der Waals surface area contributed by atoms with Crippen LogP contribution in [0.2, 0.25) is 0 Å². The molecule has 3 heteroatoms. The first-order valence-corrected chi connectivity index (χ1v) is 10.5. The summed E-state index contributed by atoms with van der Waals surface area (Å²) < 4.78 is 0. The fraction of sp³-hybridized carbons (Fsp3) is 0.455. The van der Waals surface area contributed by atoms with Crippen molar-refractivity contribution in [1.29, 1.82) is 0 Å². The molecule has 0 unspecified atom stereocenters. The lowest BCUT2D eigenvalue weighted by atomic mass is 9.75. The van der Waals surface area contributed by atoms with Gasteiger partial charge in [-0.05, 0) is 62.3 Å². The quantitative estimate of drug-likeness (QED) is 0.658. The topological polar surface area (TPSA) is 20.2 Å². The van der Waals surface area contributed by atoms with Gasteiger partial charge in [0.2, 0.25) is 0 Å². The highest BCUT2D eigenvalue weighted by Crippen LogP contribution is 2.63. The van der Waals surface area contributed by atoms with E-state index in [2.05, 4.69) is 81.4 Å². The van der Waals surface area contributed by atoms with Crippen molar-refractivity contribution in [2.24, 2.45) is 11.8 Å². The van der Waals surface area contributed by atoms with E-state index in [9.17, 15) is 5.11 Å². The highest BCUT2D eigenvalue weighted by Gasteiger charge is 2.51. The first-order valence-electron chi connectivity index (χ1n) is 9.11. The van der Waals surface area contributed by atoms with Crippen LogP contribution in [0.4, 0.5) is 0 Å². The van der Waals surface area contributed by atoms with E-state index in [1.165, 1.54) is 23.5 Å². The molecule has 25 heavy (non-hydrogen) atoms. The molecule has 0 spiro atoms. The first-order chi connectivity index (χ1) is 11.9. The van der Waals surface area contributed by atoms with Crippen molar-refractivity contribution >= 4 is 25.3 Å². The molecule has 3 atom stereocenters. The van der Waals surface area contributed by atoms with E-state index < -0.39 is 12.7 Å². The molecule has 0 aromatic heterocycles. The zero-order valence-corrected chi connectivity index (χ0v) is 15.9. The van der Waals surface area contributed by atoms with E-state index in [1.807, 2.05) is 0 Å². The predicted octanol–water partition coefficient (Wildman–Crippen LogP) is 3.51. The van der Waals surface area contributed by atoms with Gasteiger partial charge in [-0.2, -0.15) is 0 Å². The second kappa shape index (κ2) is 7.26. The molecule has 1 saturated carbocycles. The van der Waals surface area contributed by atoms with Gasteiger partial charge in [0.1, 0.15) is 7.57 Å². The van der Waals surface area contributed by atoms with Crippen molar-refractivity contribution in [3.05, 3.63) is 60.7 Å². The Hall–Kier alpha value is -1.11. The Morgan fingerprint density at radius 3 is 1.92 bits per heavy atom. The highest BCUT2D eigenvalue weighted by molar-refractivity contribution is 8.09. The fourth-order valence-corrected chi connectivity index (χ4v) is 7.15. The Labute approximate surface area is 154 Å². The Bertz CT molecular complexity index is 644. The van der Waals surface area contributed by atoms with Gasteiger partial charge in [-0.25, -0.2) is 0 Å². The second-order valence-electron chi connectivity index (χ2n) is 7.69. The van der Waals surface area contributed by atoms with Crippen LogP contribution in [0.3, 0.4) is 0 Å². The van der Waals surface area contributed by atoms with Gasteiger partial charge in [0.05, 0.1) is 21.9 Å². The summed E-state index contributed by atoms with van der Waals surface area (Å²) >= 11 is 0. The molecule has 0 heterocycles. The van der Waals surface area contributed by atoms with Gasteiger partial charge < -0.3 is 5.11 Å². The van der Waals surface area contributed by atoms with Crippen LogP contribution in [0.5, 0.6) is 0 Å². The van der Waals surface area contributed by atoms with E-state index in [-0.39, 0.29) is 7.57 Å². The van der Waals surface area contributed by atoms with E-state index in [0.717, 1.165) is 12.3 Å². The van der Waals surface area contributed by atoms with Gasteiger partial charge in [0.25, 0.3) is 0 Å². The molecule has 0 amide bonds.